The number of rotatable bonds is 4. The maximum Gasteiger partial charge on any atom is 0.253 e. The summed E-state index contributed by atoms with van der Waals surface area (Å²) < 4.78 is 1.67. The molecule has 0 unspecified atom stereocenters. The van der Waals surface area contributed by atoms with Gasteiger partial charge in [0, 0.05) is 12.4 Å². The van der Waals surface area contributed by atoms with E-state index in [1.165, 1.54) is 6.20 Å². The van der Waals surface area contributed by atoms with E-state index in [0.717, 1.165) is 11.3 Å². The Balaban J connectivity index is 1.72. The van der Waals surface area contributed by atoms with Crippen molar-refractivity contribution in [2.75, 3.05) is 0 Å². The molecule has 0 fully saturated rings. The third kappa shape index (κ3) is 3.23. The van der Waals surface area contributed by atoms with Crippen LogP contribution in [0.4, 0.5) is 0 Å². The van der Waals surface area contributed by atoms with E-state index in [4.69, 9.17) is 0 Å². The summed E-state index contributed by atoms with van der Waals surface area (Å²) in [6.45, 7) is 3.88. The molecule has 23 heavy (non-hydrogen) atoms. The molecule has 0 aliphatic heterocycles. The second-order valence-electron chi connectivity index (χ2n) is 5.17. The van der Waals surface area contributed by atoms with Crippen LogP contribution in [-0.2, 0) is 0 Å². The number of carbonyl (C=O) groups is 1. The normalized spacial score (nSPS) is 11.9. The molecular formula is C16H16N6O. The first-order valence-corrected chi connectivity index (χ1v) is 7.18. The highest BCUT2D eigenvalue weighted by Gasteiger charge is 2.14. The Morgan fingerprint density at radius 2 is 1.96 bits per heavy atom. The number of pyridine rings is 2. The van der Waals surface area contributed by atoms with E-state index in [9.17, 15) is 4.79 Å². The predicted molar refractivity (Wildman–Crippen MR) is 84.0 cm³/mol. The SMILES string of the molecule is Cc1cccnc1[C@H](C)NC(=O)c1ccc(-n2cnnc2)nc1. The van der Waals surface area contributed by atoms with Gasteiger partial charge in [-0.25, -0.2) is 4.98 Å². The van der Waals surface area contributed by atoms with E-state index in [0.29, 0.717) is 11.4 Å². The standard InChI is InChI=1S/C16H16N6O/c1-11-4-3-7-17-15(11)12(2)21-16(23)13-5-6-14(18-8-13)22-9-19-20-10-22/h3-10,12H,1-2H3,(H,21,23)/t12-/m0/s1. The fraction of sp³-hybridized carbons (Fsp3) is 0.188. The van der Waals surface area contributed by atoms with Crippen molar-refractivity contribution >= 4 is 5.91 Å². The van der Waals surface area contributed by atoms with E-state index >= 15 is 0 Å². The number of hydrogen-bond acceptors (Lipinski definition) is 5. The molecule has 3 aromatic heterocycles. The number of nitrogens with one attached hydrogen (secondary N) is 1. The molecular weight excluding hydrogens is 292 g/mol. The molecule has 0 aliphatic rings. The van der Waals surface area contributed by atoms with E-state index in [2.05, 4.69) is 25.5 Å². The fourth-order valence-corrected chi connectivity index (χ4v) is 2.29. The van der Waals surface area contributed by atoms with Crippen LogP contribution in [0.2, 0.25) is 0 Å². The van der Waals surface area contributed by atoms with Crippen molar-refractivity contribution in [2.24, 2.45) is 0 Å². The van der Waals surface area contributed by atoms with Gasteiger partial charge in [-0.3, -0.25) is 14.3 Å². The average Bonchev–Trinajstić information content (AvgIpc) is 3.09. The van der Waals surface area contributed by atoms with Crippen LogP contribution in [0.15, 0.2) is 49.3 Å². The summed E-state index contributed by atoms with van der Waals surface area (Å²) in [6, 6.07) is 7.13. The molecule has 0 bridgehead atoms. The van der Waals surface area contributed by atoms with Crippen LogP contribution in [0.1, 0.15) is 34.6 Å². The Kier molecular flexibility index (Phi) is 4.09. The Hall–Kier alpha value is -3.09. The third-order valence-corrected chi connectivity index (χ3v) is 3.50. The molecule has 116 valence electrons. The van der Waals surface area contributed by atoms with Gasteiger partial charge in [0.1, 0.15) is 18.5 Å². The summed E-state index contributed by atoms with van der Waals surface area (Å²) in [5.74, 6) is 0.463. The highest BCUT2D eigenvalue weighted by Crippen LogP contribution is 2.14. The Bertz CT molecular complexity index is 798. The minimum atomic E-state index is -0.189. The van der Waals surface area contributed by atoms with Gasteiger partial charge in [-0.1, -0.05) is 6.07 Å². The molecule has 0 aliphatic carbocycles. The summed E-state index contributed by atoms with van der Waals surface area (Å²) in [6.07, 6.45) is 6.35. The monoisotopic (exact) mass is 308 g/mol. The number of amides is 1. The molecule has 1 atom stereocenters. The van der Waals surface area contributed by atoms with Crippen molar-refractivity contribution in [2.45, 2.75) is 19.9 Å². The summed E-state index contributed by atoms with van der Waals surface area (Å²) in [7, 11) is 0. The van der Waals surface area contributed by atoms with Crippen LogP contribution in [0.5, 0.6) is 0 Å². The first-order valence-electron chi connectivity index (χ1n) is 7.18. The van der Waals surface area contributed by atoms with Crippen LogP contribution in [-0.4, -0.2) is 30.6 Å². The van der Waals surface area contributed by atoms with Crippen molar-refractivity contribution in [3.8, 4) is 5.82 Å². The third-order valence-electron chi connectivity index (χ3n) is 3.50. The zero-order chi connectivity index (χ0) is 16.2. The molecule has 0 saturated heterocycles. The molecule has 0 radical (unpaired) electrons. The predicted octanol–water partition coefficient (Wildman–Crippen LogP) is 1.86. The second kappa shape index (κ2) is 6.35. The van der Waals surface area contributed by atoms with Gasteiger partial charge in [-0.15, -0.1) is 10.2 Å². The number of aryl methyl sites for hydroxylation is 1. The topological polar surface area (TPSA) is 85.6 Å². The molecule has 7 heteroatoms. The summed E-state index contributed by atoms with van der Waals surface area (Å²) >= 11 is 0. The average molecular weight is 308 g/mol. The summed E-state index contributed by atoms with van der Waals surface area (Å²) in [5.41, 5.74) is 2.39. The van der Waals surface area contributed by atoms with Gasteiger partial charge in [0.15, 0.2) is 0 Å². The second-order valence-corrected chi connectivity index (χ2v) is 5.17. The van der Waals surface area contributed by atoms with E-state index in [1.54, 1.807) is 35.6 Å². The Morgan fingerprint density at radius 1 is 1.17 bits per heavy atom. The van der Waals surface area contributed by atoms with E-state index in [-0.39, 0.29) is 11.9 Å². The molecule has 1 N–H and O–H groups in total. The van der Waals surface area contributed by atoms with Crippen molar-refractivity contribution in [3.63, 3.8) is 0 Å². The fourth-order valence-electron chi connectivity index (χ4n) is 2.29. The van der Waals surface area contributed by atoms with Gasteiger partial charge in [0.05, 0.1) is 17.3 Å². The zero-order valence-electron chi connectivity index (χ0n) is 12.8. The molecule has 0 spiro atoms. The maximum atomic E-state index is 12.3. The van der Waals surface area contributed by atoms with Crippen LogP contribution in [0.3, 0.4) is 0 Å². The minimum absolute atomic E-state index is 0.179. The van der Waals surface area contributed by atoms with Crippen molar-refractivity contribution < 1.29 is 4.79 Å². The first kappa shape index (κ1) is 14.8. The van der Waals surface area contributed by atoms with Gasteiger partial charge in [0.25, 0.3) is 5.91 Å². The Labute approximate surface area is 133 Å². The van der Waals surface area contributed by atoms with Crippen molar-refractivity contribution in [1.82, 2.24) is 30.0 Å². The zero-order valence-corrected chi connectivity index (χ0v) is 12.8. The molecule has 3 aromatic rings. The van der Waals surface area contributed by atoms with Crippen LogP contribution in [0.25, 0.3) is 5.82 Å². The lowest BCUT2D eigenvalue weighted by Crippen LogP contribution is -2.27. The van der Waals surface area contributed by atoms with Gasteiger partial charge >= 0.3 is 0 Å². The summed E-state index contributed by atoms with van der Waals surface area (Å²) in [5, 5.41) is 10.4. The van der Waals surface area contributed by atoms with Gasteiger partial charge in [-0.2, -0.15) is 0 Å². The number of nitrogens with zero attached hydrogens (tertiary/aromatic N) is 5. The van der Waals surface area contributed by atoms with Crippen molar-refractivity contribution in [3.05, 3.63) is 66.1 Å². The minimum Gasteiger partial charge on any atom is -0.344 e. The number of carbonyl (C=O) groups excluding carboxylic acids is 1. The van der Waals surface area contributed by atoms with Crippen molar-refractivity contribution in [1.29, 1.82) is 0 Å². The molecule has 3 heterocycles. The largest absolute Gasteiger partial charge is 0.344 e. The Morgan fingerprint density at radius 3 is 2.61 bits per heavy atom. The van der Waals surface area contributed by atoms with Crippen LogP contribution in [0, 0.1) is 6.92 Å². The molecule has 1 amide bonds. The highest BCUT2D eigenvalue weighted by atomic mass is 16.1. The van der Waals surface area contributed by atoms with E-state index < -0.39 is 0 Å². The molecule has 7 nitrogen and oxygen atoms in total. The van der Waals surface area contributed by atoms with Crippen LogP contribution >= 0.6 is 0 Å². The summed E-state index contributed by atoms with van der Waals surface area (Å²) in [4.78, 5) is 20.9. The first-order chi connectivity index (χ1) is 11.1. The van der Waals surface area contributed by atoms with Crippen LogP contribution < -0.4 is 5.32 Å². The molecule has 3 rings (SSSR count). The van der Waals surface area contributed by atoms with E-state index in [1.807, 2.05) is 26.0 Å². The van der Waals surface area contributed by atoms with Gasteiger partial charge < -0.3 is 5.32 Å². The number of aromatic nitrogens is 5. The maximum absolute atomic E-state index is 12.3. The lowest BCUT2D eigenvalue weighted by atomic mass is 10.1. The molecule has 0 aromatic carbocycles. The number of hydrogen-bond donors (Lipinski definition) is 1. The van der Waals surface area contributed by atoms with Gasteiger partial charge in [0.2, 0.25) is 0 Å². The highest BCUT2D eigenvalue weighted by molar-refractivity contribution is 5.94. The quantitative estimate of drug-likeness (QED) is 0.795. The van der Waals surface area contributed by atoms with Gasteiger partial charge in [-0.05, 0) is 37.6 Å². The molecule has 0 saturated carbocycles. The lowest BCUT2D eigenvalue weighted by molar-refractivity contribution is 0.0938. The lowest BCUT2D eigenvalue weighted by Gasteiger charge is -2.15. The smallest absolute Gasteiger partial charge is 0.253 e.